The molecule has 2 rings (SSSR count). The van der Waals surface area contributed by atoms with E-state index in [1.54, 1.807) is 36.4 Å². The molecule has 0 fully saturated rings. The molecule has 5 nitrogen and oxygen atoms in total. The maximum atomic E-state index is 12.1. The highest BCUT2D eigenvalue weighted by atomic mass is 35.5. The van der Waals surface area contributed by atoms with Gasteiger partial charge in [0.05, 0.1) is 12.2 Å². The number of rotatable bonds is 9. The molecule has 0 aliphatic heterocycles. The van der Waals surface area contributed by atoms with E-state index >= 15 is 0 Å². The molecule has 0 unspecified atom stereocenters. The van der Waals surface area contributed by atoms with Crippen LogP contribution in [0.2, 0.25) is 5.02 Å². The average Bonchev–Trinajstić information content (AvgIpc) is 2.68. The molecular formula is C22H26ClNO4. The summed E-state index contributed by atoms with van der Waals surface area (Å²) in [5.74, 6) is -0.0540. The van der Waals surface area contributed by atoms with Crippen molar-refractivity contribution in [3.63, 3.8) is 0 Å². The van der Waals surface area contributed by atoms with Crippen LogP contribution >= 0.6 is 11.6 Å². The summed E-state index contributed by atoms with van der Waals surface area (Å²) in [6.45, 7) is 6.17. The number of aryl methyl sites for hydroxylation is 2. The van der Waals surface area contributed by atoms with E-state index in [1.165, 1.54) is 0 Å². The van der Waals surface area contributed by atoms with Crippen LogP contribution in [0.3, 0.4) is 0 Å². The molecular weight excluding hydrogens is 378 g/mol. The number of unbranched alkanes of at least 4 members (excludes halogenated alkanes) is 2. The maximum Gasteiger partial charge on any atom is 0.338 e. The second-order valence-corrected chi connectivity index (χ2v) is 7.01. The van der Waals surface area contributed by atoms with Crippen molar-refractivity contribution in [1.82, 2.24) is 0 Å². The van der Waals surface area contributed by atoms with Gasteiger partial charge in [0.1, 0.15) is 5.75 Å². The maximum absolute atomic E-state index is 12.1. The van der Waals surface area contributed by atoms with Gasteiger partial charge in [-0.1, -0.05) is 31.4 Å². The van der Waals surface area contributed by atoms with Crippen molar-refractivity contribution in [3.8, 4) is 5.75 Å². The van der Waals surface area contributed by atoms with E-state index in [0.717, 1.165) is 30.4 Å². The fourth-order valence-electron chi connectivity index (χ4n) is 2.63. The molecule has 28 heavy (non-hydrogen) atoms. The van der Waals surface area contributed by atoms with Gasteiger partial charge < -0.3 is 14.8 Å². The van der Waals surface area contributed by atoms with Crippen LogP contribution in [0.1, 0.15) is 47.7 Å². The topological polar surface area (TPSA) is 64.6 Å². The molecule has 0 spiro atoms. The van der Waals surface area contributed by atoms with Crippen molar-refractivity contribution < 1.29 is 19.1 Å². The predicted molar refractivity (Wildman–Crippen MR) is 111 cm³/mol. The van der Waals surface area contributed by atoms with Crippen LogP contribution < -0.4 is 10.1 Å². The molecule has 1 N–H and O–H groups in total. The Kier molecular flexibility index (Phi) is 8.33. The minimum Gasteiger partial charge on any atom is -0.484 e. The molecule has 0 bridgehead atoms. The zero-order valence-electron chi connectivity index (χ0n) is 16.5. The standard InChI is InChI=1S/C22H26ClNO4/c1-4-5-6-11-27-22(26)17-7-9-18(10-8-17)24-20(25)14-28-19-12-15(2)21(23)16(3)13-19/h7-10,12-13H,4-6,11,14H2,1-3H3,(H,24,25). The molecule has 0 atom stereocenters. The van der Waals surface area contributed by atoms with E-state index in [-0.39, 0.29) is 18.5 Å². The van der Waals surface area contributed by atoms with Crippen LogP contribution in [0, 0.1) is 13.8 Å². The van der Waals surface area contributed by atoms with Gasteiger partial charge in [-0.2, -0.15) is 0 Å². The van der Waals surface area contributed by atoms with E-state index in [9.17, 15) is 9.59 Å². The van der Waals surface area contributed by atoms with Gasteiger partial charge in [0.15, 0.2) is 6.61 Å². The number of anilines is 1. The first kappa shape index (κ1) is 21.8. The van der Waals surface area contributed by atoms with Crippen LogP contribution in [0.15, 0.2) is 36.4 Å². The van der Waals surface area contributed by atoms with Gasteiger partial charge in [-0.3, -0.25) is 4.79 Å². The number of amides is 1. The molecule has 2 aromatic carbocycles. The lowest BCUT2D eigenvalue weighted by Gasteiger charge is -2.10. The summed E-state index contributed by atoms with van der Waals surface area (Å²) in [5.41, 5.74) is 2.83. The number of esters is 1. The zero-order valence-corrected chi connectivity index (χ0v) is 17.3. The molecule has 6 heteroatoms. The highest BCUT2D eigenvalue weighted by Crippen LogP contribution is 2.25. The largest absolute Gasteiger partial charge is 0.484 e. The molecule has 0 aromatic heterocycles. The number of hydrogen-bond acceptors (Lipinski definition) is 4. The van der Waals surface area contributed by atoms with Crippen LogP contribution in [0.5, 0.6) is 5.75 Å². The number of nitrogens with one attached hydrogen (secondary N) is 1. The van der Waals surface area contributed by atoms with Crippen molar-refractivity contribution in [2.45, 2.75) is 40.0 Å². The molecule has 0 heterocycles. The lowest BCUT2D eigenvalue weighted by molar-refractivity contribution is -0.118. The van der Waals surface area contributed by atoms with Crippen LogP contribution in [-0.2, 0) is 9.53 Å². The van der Waals surface area contributed by atoms with Crippen molar-refractivity contribution in [2.24, 2.45) is 0 Å². The summed E-state index contributed by atoms with van der Waals surface area (Å²) < 4.78 is 10.7. The van der Waals surface area contributed by atoms with Crippen molar-refractivity contribution in [2.75, 3.05) is 18.5 Å². The molecule has 150 valence electrons. The molecule has 0 radical (unpaired) electrons. The third-order valence-corrected chi connectivity index (χ3v) is 4.76. The minimum atomic E-state index is -0.356. The third kappa shape index (κ3) is 6.57. The fourth-order valence-corrected chi connectivity index (χ4v) is 2.73. The Morgan fingerprint density at radius 3 is 2.29 bits per heavy atom. The molecule has 0 aliphatic rings. The number of benzene rings is 2. The predicted octanol–water partition coefficient (Wildman–Crippen LogP) is 5.32. The van der Waals surface area contributed by atoms with Crippen molar-refractivity contribution in [3.05, 3.63) is 58.1 Å². The summed E-state index contributed by atoms with van der Waals surface area (Å²) in [7, 11) is 0. The SMILES string of the molecule is CCCCCOC(=O)c1ccc(NC(=O)COc2cc(C)c(Cl)c(C)c2)cc1. The lowest BCUT2D eigenvalue weighted by Crippen LogP contribution is -2.20. The van der Waals surface area contributed by atoms with E-state index in [2.05, 4.69) is 12.2 Å². The second kappa shape index (κ2) is 10.7. The Bertz CT molecular complexity index is 795. The van der Waals surface area contributed by atoms with Gasteiger partial charge in [-0.05, 0) is 67.8 Å². The van der Waals surface area contributed by atoms with E-state index in [0.29, 0.717) is 28.6 Å². The molecule has 0 aliphatic carbocycles. The Morgan fingerprint density at radius 1 is 1.04 bits per heavy atom. The summed E-state index contributed by atoms with van der Waals surface area (Å²) in [6.07, 6.45) is 2.98. The van der Waals surface area contributed by atoms with Crippen LogP contribution in [-0.4, -0.2) is 25.1 Å². The Balaban J connectivity index is 1.83. The molecule has 0 saturated carbocycles. The van der Waals surface area contributed by atoms with Crippen LogP contribution in [0.4, 0.5) is 5.69 Å². The van der Waals surface area contributed by atoms with Gasteiger partial charge >= 0.3 is 5.97 Å². The average molecular weight is 404 g/mol. The number of carbonyl (C=O) groups is 2. The normalized spacial score (nSPS) is 10.4. The number of halogens is 1. The fraction of sp³-hybridized carbons (Fsp3) is 0.364. The number of carbonyl (C=O) groups excluding carboxylic acids is 2. The molecule has 0 saturated heterocycles. The minimum absolute atomic E-state index is 0.123. The monoisotopic (exact) mass is 403 g/mol. The first-order valence-electron chi connectivity index (χ1n) is 9.37. The first-order chi connectivity index (χ1) is 13.4. The number of hydrogen-bond donors (Lipinski definition) is 1. The van der Waals surface area contributed by atoms with Gasteiger partial charge in [0.2, 0.25) is 0 Å². The second-order valence-electron chi connectivity index (χ2n) is 6.63. The Labute approximate surface area is 171 Å². The molecule has 2 aromatic rings. The Morgan fingerprint density at radius 2 is 1.68 bits per heavy atom. The molecule has 1 amide bonds. The third-order valence-electron chi connectivity index (χ3n) is 4.17. The summed E-state index contributed by atoms with van der Waals surface area (Å²) in [6, 6.07) is 10.2. The van der Waals surface area contributed by atoms with Crippen molar-refractivity contribution >= 4 is 29.2 Å². The van der Waals surface area contributed by atoms with Crippen molar-refractivity contribution in [1.29, 1.82) is 0 Å². The van der Waals surface area contributed by atoms with Gasteiger partial charge in [0, 0.05) is 10.7 Å². The van der Waals surface area contributed by atoms with Gasteiger partial charge in [-0.15, -0.1) is 0 Å². The lowest BCUT2D eigenvalue weighted by atomic mass is 10.1. The van der Waals surface area contributed by atoms with E-state index in [4.69, 9.17) is 21.1 Å². The highest BCUT2D eigenvalue weighted by Gasteiger charge is 2.09. The number of ether oxygens (including phenoxy) is 2. The summed E-state index contributed by atoms with van der Waals surface area (Å²) >= 11 is 6.13. The summed E-state index contributed by atoms with van der Waals surface area (Å²) in [4.78, 5) is 24.0. The summed E-state index contributed by atoms with van der Waals surface area (Å²) in [5, 5.41) is 3.43. The highest BCUT2D eigenvalue weighted by molar-refractivity contribution is 6.32. The van der Waals surface area contributed by atoms with Gasteiger partial charge in [0.25, 0.3) is 5.91 Å². The first-order valence-corrected chi connectivity index (χ1v) is 9.75. The van der Waals surface area contributed by atoms with Crippen LogP contribution in [0.25, 0.3) is 0 Å². The quantitative estimate of drug-likeness (QED) is 0.454. The zero-order chi connectivity index (χ0) is 20.5. The van der Waals surface area contributed by atoms with Gasteiger partial charge in [-0.25, -0.2) is 4.79 Å². The van der Waals surface area contributed by atoms with E-state index in [1.807, 2.05) is 13.8 Å². The Hall–Kier alpha value is -2.53. The smallest absolute Gasteiger partial charge is 0.338 e. The van der Waals surface area contributed by atoms with E-state index < -0.39 is 0 Å².